The van der Waals surface area contributed by atoms with Crippen molar-refractivity contribution in [1.82, 2.24) is 5.32 Å². The summed E-state index contributed by atoms with van der Waals surface area (Å²) in [6.07, 6.45) is 0.407. The van der Waals surface area contributed by atoms with E-state index >= 15 is 0 Å². The maximum Gasteiger partial charge on any atom is 0.337 e. The molecule has 1 N–H and O–H groups in total. The lowest BCUT2D eigenvalue weighted by Gasteiger charge is -2.50. The number of fused-ring (bicyclic) bond motifs is 4. The molecule has 2 aromatic rings. The summed E-state index contributed by atoms with van der Waals surface area (Å²) in [5.74, 6) is -0.424. The van der Waals surface area contributed by atoms with Crippen LogP contribution in [0.4, 0.5) is 14.9 Å². The molecule has 2 amide bonds. The predicted octanol–water partition coefficient (Wildman–Crippen LogP) is 3.38. The second kappa shape index (κ2) is 5.72. The van der Waals surface area contributed by atoms with Crippen LogP contribution in [0.25, 0.3) is 0 Å². The summed E-state index contributed by atoms with van der Waals surface area (Å²) in [4.78, 5) is 25.8. The number of carbonyl (C=O) groups excluding carboxylic acids is 2. The molecule has 2 bridgehead atoms. The van der Waals surface area contributed by atoms with E-state index in [0.29, 0.717) is 23.3 Å². The van der Waals surface area contributed by atoms with Crippen LogP contribution in [0, 0.1) is 5.82 Å². The van der Waals surface area contributed by atoms with Gasteiger partial charge in [-0.15, -0.1) is 0 Å². The van der Waals surface area contributed by atoms with Crippen molar-refractivity contribution < 1.29 is 23.5 Å². The van der Waals surface area contributed by atoms with Crippen molar-refractivity contribution in [1.29, 1.82) is 0 Å². The van der Waals surface area contributed by atoms with Gasteiger partial charge in [-0.25, -0.2) is 14.0 Å². The largest absolute Gasteiger partial charge is 0.467 e. The zero-order chi connectivity index (χ0) is 18.5. The lowest BCUT2D eigenvalue weighted by molar-refractivity contribution is 0.0372. The summed E-state index contributed by atoms with van der Waals surface area (Å²) >= 11 is 0. The molecule has 0 saturated carbocycles. The third kappa shape index (κ3) is 2.39. The Kier molecular flexibility index (Phi) is 3.61. The first-order valence-electron chi connectivity index (χ1n) is 8.19. The first-order valence-corrected chi connectivity index (χ1v) is 8.19. The topological polar surface area (TPSA) is 67.9 Å². The molecule has 134 valence electrons. The number of carbonyl (C=O) groups is 2. The van der Waals surface area contributed by atoms with Gasteiger partial charge in [0.2, 0.25) is 0 Å². The molecule has 1 saturated heterocycles. The van der Waals surface area contributed by atoms with Gasteiger partial charge >= 0.3 is 12.0 Å². The van der Waals surface area contributed by atoms with Crippen molar-refractivity contribution >= 4 is 17.7 Å². The third-order valence-corrected chi connectivity index (χ3v) is 4.79. The Morgan fingerprint density at radius 3 is 2.85 bits per heavy atom. The minimum absolute atomic E-state index is 0.153. The molecule has 2 unspecified atom stereocenters. The number of methoxy groups -OCH3 is 1. The molecule has 4 rings (SSSR count). The fraction of sp³-hybridized carbons (Fsp3) is 0.263. The van der Waals surface area contributed by atoms with E-state index in [9.17, 15) is 14.0 Å². The highest BCUT2D eigenvalue weighted by atomic mass is 19.1. The number of ether oxygens (including phenoxy) is 2. The molecule has 0 aromatic heterocycles. The van der Waals surface area contributed by atoms with Gasteiger partial charge in [-0.05, 0) is 37.3 Å². The minimum atomic E-state index is -1.05. The predicted molar refractivity (Wildman–Crippen MR) is 91.6 cm³/mol. The lowest BCUT2D eigenvalue weighted by atomic mass is 9.89. The number of esters is 1. The van der Waals surface area contributed by atoms with Gasteiger partial charge in [0.05, 0.1) is 24.4 Å². The van der Waals surface area contributed by atoms with Gasteiger partial charge in [0.1, 0.15) is 11.6 Å². The van der Waals surface area contributed by atoms with E-state index in [2.05, 4.69) is 5.32 Å². The average Bonchev–Trinajstić information content (AvgIpc) is 2.61. The monoisotopic (exact) mass is 356 g/mol. The molecule has 2 aliphatic heterocycles. The quantitative estimate of drug-likeness (QED) is 0.838. The summed E-state index contributed by atoms with van der Waals surface area (Å²) < 4.78 is 25.1. The number of benzene rings is 2. The number of para-hydroxylation sites is 1. The molecule has 0 radical (unpaired) electrons. The summed E-state index contributed by atoms with van der Waals surface area (Å²) in [5.41, 5.74) is 0.186. The number of nitrogens with zero attached hydrogens (tertiary/aromatic N) is 1. The van der Waals surface area contributed by atoms with Crippen LogP contribution in [0.5, 0.6) is 5.75 Å². The van der Waals surface area contributed by atoms with Gasteiger partial charge in [-0.3, -0.25) is 4.90 Å². The van der Waals surface area contributed by atoms with Crippen LogP contribution in [-0.2, 0) is 4.74 Å². The van der Waals surface area contributed by atoms with Crippen molar-refractivity contribution in [3.05, 3.63) is 59.4 Å². The average molecular weight is 356 g/mol. The molecule has 2 atom stereocenters. The zero-order valence-electron chi connectivity index (χ0n) is 14.3. The Morgan fingerprint density at radius 2 is 2.12 bits per heavy atom. The summed E-state index contributed by atoms with van der Waals surface area (Å²) in [7, 11) is 1.31. The SMILES string of the molecule is COC(=O)c1ccc2c(c1)C1CC(C)(O2)N(c2ccccc2F)C(=O)N1. The number of halogens is 1. The fourth-order valence-electron chi connectivity index (χ4n) is 3.62. The van der Waals surface area contributed by atoms with E-state index in [1.807, 2.05) is 0 Å². The van der Waals surface area contributed by atoms with E-state index in [-0.39, 0.29) is 11.7 Å². The maximum atomic E-state index is 14.3. The molecule has 2 aliphatic rings. The van der Waals surface area contributed by atoms with Gasteiger partial charge in [0, 0.05) is 12.0 Å². The normalized spacial score (nSPS) is 23.6. The van der Waals surface area contributed by atoms with Crippen molar-refractivity contribution in [2.24, 2.45) is 0 Å². The molecule has 26 heavy (non-hydrogen) atoms. The smallest absolute Gasteiger partial charge is 0.337 e. The van der Waals surface area contributed by atoms with E-state index in [1.165, 1.54) is 18.1 Å². The summed E-state index contributed by atoms with van der Waals surface area (Å²) in [6.45, 7) is 1.75. The second-order valence-corrected chi connectivity index (χ2v) is 6.51. The molecule has 1 fully saturated rings. The number of anilines is 1. The Bertz CT molecular complexity index is 916. The maximum absolute atomic E-state index is 14.3. The lowest BCUT2D eigenvalue weighted by Crippen LogP contribution is -2.65. The van der Waals surface area contributed by atoms with E-state index in [0.717, 1.165) is 0 Å². The van der Waals surface area contributed by atoms with Gasteiger partial charge in [0.15, 0.2) is 5.72 Å². The molecule has 0 aliphatic carbocycles. The van der Waals surface area contributed by atoms with Gasteiger partial charge in [-0.2, -0.15) is 0 Å². The van der Waals surface area contributed by atoms with E-state index in [1.54, 1.807) is 43.3 Å². The number of amides is 2. The minimum Gasteiger partial charge on any atom is -0.467 e. The van der Waals surface area contributed by atoms with E-state index in [4.69, 9.17) is 9.47 Å². The highest BCUT2D eigenvalue weighted by Gasteiger charge is 2.50. The molecule has 0 spiro atoms. The van der Waals surface area contributed by atoms with Crippen LogP contribution < -0.4 is 15.0 Å². The second-order valence-electron chi connectivity index (χ2n) is 6.51. The van der Waals surface area contributed by atoms with Crippen LogP contribution in [0.1, 0.15) is 35.3 Å². The van der Waals surface area contributed by atoms with Gasteiger partial charge < -0.3 is 14.8 Å². The highest BCUT2D eigenvalue weighted by Crippen LogP contribution is 2.46. The Balaban J connectivity index is 1.78. The van der Waals surface area contributed by atoms with E-state index < -0.39 is 23.5 Å². The van der Waals surface area contributed by atoms with Crippen LogP contribution in [-0.4, -0.2) is 24.8 Å². The number of urea groups is 1. The standard InChI is InChI=1S/C19H17FN2O4/c1-19-10-14(12-9-11(17(23)25-2)7-8-16(12)26-19)21-18(24)22(19)15-6-4-3-5-13(15)20/h3-9,14H,10H2,1-2H3,(H,21,24). The molecular formula is C19H17FN2O4. The van der Waals surface area contributed by atoms with Crippen molar-refractivity contribution in [2.75, 3.05) is 12.0 Å². The van der Waals surface area contributed by atoms with Crippen LogP contribution in [0.15, 0.2) is 42.5 Å². The highest BCUT2D eigenvalue weighted by molar-refractivity contribution is 5.95. The molecular weight excluding hydrogens is 339 g/mol. The number of nitrogens with one attached hydrogen (secondary N) is 1. The third-order valence-electron chi connectivity index (χ3n) is 4.79. The number of hydrogen-bond donors (Lipinski definition) is 1. The van der Waals surface area contributed by atoms with Gasteiger partial charge in [-0.1, -0.05) is 12.1 Å². The van der Waals surface area contributed by atoms with Crippen LogP contribution in [0.3, 0.4) is 0 Å². The Morgan fingerprint density at radius 1 is 1.35 bits per heavy atom. The van der Waals surface area contributed by atoms with Gasteiger partial charge in [0.25, 0.3) is 0 Å². The number of rotatable bonds is 2. The summed E-state index contributed by atoms with van der Waals surface area (Å²) in [6, 6.07) is 10.2. The summed E-state index contributed by atoms with van der Waals surface area (Å²) in [5, 5.41) is 2.88. The van der Waals surface area contributed by atoms with Crippen LogP contribution >= 0.6 is 0 Å². The van der Waals surface area contributed by atoms with Crippen LogP contribution in [0.2, 0.25) is 0 Å². The molecule has 2 aromatic carbocycles. The van der Waals surface area contributed by atoms with Crippen molar-refractivity contribution in [3.8, 4) is 5.75 Å². The Labute approximate surface area is 149 Å². The Hall–Kier alpha value is -3.09. The fourth-order valence-corrected chi connectivity index (χ4v) is 3.62. The zero-order valence-corrected chi connectivity index (χ0v) is 14.3. The number of hydrogen-bond acceptors (Lipinski definition) is 4. The molecule has 6 nitrogen and oxygen atoms in total. The van der Waals surface area contributed by atoms with Crippen molar-refractivity contribution in [2.45, 2.75) is 25.1 Å². The molecule has 2 heterocycles. The molecule has 7 heteroatoms. The van der Waals surface area contributed by atoms with Crippen molar-refractivity contribution in [3.63, 3.8) is 0 Å². The first kappa shape index (κ1) is 16.4. The first-order chi connectivity index (χ1) is 12.4.